The Hall–Kier alpha value is -2.47. The van der Waals surface area contributed by atoms with Gasteiger partial charge in [0.25, 0.3) is 0 Å². The van der Waals surface area contributed by atoms with Crippen LogP contribution in [0, 0.1) is 3.57 Å². The van der Waals surface area contributed by atoms with Crippen molar-refractivity contribution >= 4 is 56.3 Å². The number of ketones is 1. The highest BCUT2D eigenvalue weighted by Crippen LogP contribution is 2.26. The third-order valence-electron chi connectivity index (χ3n) is 3.94. The first kappa shape index (κ1) is 15.1. The van der Waals surface area contributed by atoms with Crippen LogP contribution in [0.15, 0.2) is 66.9 Å². The molecule has 1 N–H and O–H groups in total. The average molecular weight is 424 g/mol. The minimum atomic E-state index is -0.106. The normalized spacial score (nSPS) is 11.5. The van der Waals surface area contributed by atoms with Crippen LogP contribution in [-0.2, 0) is 0 Å². The van der Waals surface area contributed by atoms with Gasteiger partial charge in [-0.15, -0.1) is 0 Å². The van der Waals surface area contributed by atoms with Crippen LogP contribution in [0.2, 0.25) is 0 Å². The number of halogens is 1. The second-order valence-electron chi connectivity index (χ2n) is 5.51. The number of aromatic amines is 1. The number of allylic oxidation sites excluding steroid dienone is 1. The van der Waals surface area contributed by atoms with Gasteiger partial charge in [-0.3, -0.25) is 9.78 Å². The summed E-state index contributed by atoms with van der Waals surface area (Å²) in [7, 11) is 0. The molecule has 4 aromatic rings. The lowest BCUT2D eigenvalue weighted by Crippen LogP contribution is -1.99. The number of benzene rings is 2. The van der Waals surface area contributed by atoms with Gasteiger partial charge in [0.15, 0.2) is 0 Å². The smallest absolute Gasteiger partial charge is 0.206 e. The fourth-order valence-corrected chi connectivity index (χ4v) is 3.39. The molecular weight excluding hydrogens is 411 g/mol. The van der Waals surface area contributed by atoms with Crippen LogP contribution in [0.5, 0.6) is 0 Å². The van der Waals surface area contributed by atoms with Crippen LogP contribution < -0.4 is 0 Å². The minimum absolute atomic E-state index is 0.106. The van der Waals surface area contributed by atoms with Crippen LogP contribution >= 0.6 is 22.6 Å². The lowest BCUT2D eigenvalue weighted by molar-refractivity contribution is 0.104. The number of hydrogen-bond donors (Lipinski definition) is 1. The first-order valence-corrected chi connectivity index (χ1v) is 8.64. The molecule has 0 bridgehead atoms. The van der Waals surface area contributed by atoms with Crippen LogP contribution in [-0.4, -0.2) is 15.8 Å². The quantitative estimate of drug-likeness (QED) is 0.279. The summed E-state index contributed by atoms with van der Waals surface area (Å²) in [5, 5.41) is 2.12. The van der Waals surface area contributed by atoms with Gasteiger partial charge in [-0.05, 0) is 58.5 Å². The number of nitrogens with one attached hydrogen (secondary N) is 1. The van der Waals surface area contributed by atoms with E-state index in [1.807, 2.05) is 60.7 Å². The molecule has 0 aliphatic rings. The molecule has 0 saturated heterocycles. The fourth-order valence-electron chi connectivity index (χ4n) is 2.82. The molecule has 0 aliphatic heterocycles. The summed E-state index contributed by atoms with van der Waals surface area (Å²) in [5.41, 5.74) is 3.25. The van der Waals surface area contributed by atoms with Crippen LogP contribution in [0.4, 0.5) is 0 Å². The number of H-pyrrole nitrogens is 1. The maximum Gasteiger partial charge on any atom is 0.206 e. The second kappa shape index (κ2) is 6.20. The van der Waals surface area contributed by atoms with E-state index in [2.05, 4.69) is 32.6 Å². The van der Waals surface area contributed by atoms with Gasteiger partial charge < -0.3 is 4.98 Å². The summed E-state index contributed by atoms with van der Waals surface area (Å²) >= 11 is 2.26. The molecule has 4 rings (SSSR count). The van der Waals surface area contributed by atoms with E-state index < -0.39 is 0 Å². The molecule has 2 aromatic carbocycles. The Kier molecular flexibility index (Phi) is 3.90. The number of para-hydroxylation sites is 1. The first-order valence-electron chi connectivity index (χ1n) is 7.56. The second-order valence-corrected chi connectivity index (χ2v) is 6.75. The summed E-state index contributed by atoms with van der Waals surface area (Å²) in [6.07, 6.45) is 5.10. The average Bonchev–Trinajstić information content (AvgIpc) is 2.98. The molecule has 0 aliphatic carbocycles. The van der Waals surface area contributed by atoms with Crippen molar-refractivity contribution in [2.45, 2.75) is 0 Å². The molecular formula is C20H13IN2O. The lowest BCUT2D eigenvalue weighted by atomic mass is 10.1. The molecule has 4 heteroatoms. The van der Waals surface area contributed by atoms with Crippen molar-refractivity contribution in [3.8, 4) is 0 Å². The topological polar surface area (TPSA) is 45.8 Å². The number of aromatic nitrogens is 2. The molecule has 2 heterocycles. The summed E-state index contributed by atoms with van der Waals surface area (Å²) in [4.78, 5) is 20.2. The molecule has 0 saturated carbocycles. The number of rotatable bonds is 3. The molecule has 2 aromatic heterocycles. The van der Waals surface area contributed by atoms with Crippen molar-refractivity contribution in [1.82, 2.24) is 9.97 Å². The van der Waals surface area contributed by atoms with E-state index in [4.69, 9.17) is 0 Å². The van der Waals surface area contributed by atoms with Crippen molar-refractivity contribution in [3.63, 3.8) is 0 Å². The molecule has 0 amide bonds. The molecule has 24 heavy (non-hydrogen) atoms. The highest BCUT2D eigenvalue weighted by molar-refractivity contribution is 14.1. The first-order chi connectivity index (χ1) is 11.7. The molecule has 116 valence electrons. The fraction of sp³-hybridized carbons (Fsp3) is 0. The Morgan fingerprint density at radius 1 is 1.04 bits per heavy atom. The maximum absolute atomic E-state index is 12.6. The summed E-state index contributed by atoms with van der Waals surface area (Å²) in [6.45, 7) is 0. The zero-order valence-corrected chi connectivity index (χ0v) is 14.8. The van der Waals surface area contributed by atoms with Gasteiger partial charge in [0.1, 0.15) is 5.69 Å². The zero-order valence-electron chi connectivity index (χ0n) is 12.7. The molecule has 0 atom stereocenters. The Bertz CT molecular complexity index is 1100. The number of hydrogen-bond acceptors (Lipinski definition) is 2. The summed E-state index contributed by atoms with van der Waals surface area (Å²) in [5.74, 6) is -0.106. The highest BCUT2D eigenvalue weighted by atomic mass is 127. The molecule has 3 nitrogen and oxygen atoms in total. The SMILES string of the molecule is O=C(/C=C/c1cccc(I)c1)c1nccc2c1[nH]c1ccccc12. The van der Waals surface area contributed by atoms with Crippen molar-refractivity contribution in [2.24, 2.45) is 0 Å². The molecule has 0 unspecified atom stereocenters. The van der Waals surface area contributed by atoms with Gasteiger partial charge in [0.05, 0.1) is 5.52 Å². The van der Waals surface area contributed by atoms with E-state index in [-0.39, 0.29) is 5.78 Å². The number of carbonyl (C=O) groups is 1. The number of carbonyl (C=O) groups excluding carboxylic acids is 1. The van der Waals surface area contributed by atoms with Gasteiger partial charge >= 0.3 is 0 Å². The third-order valence-corrected chi connectivity index (χ3v) is 4.61. The monoisotopic (exact) mass is 424 g/mol. The number of pyridine rings is 1. The van der Waals surface area contributed by atoms with Crippen molar-refractivity contribution < 1.29 is 4.79 Å². The van der Waals surface area contributed by atoms with Gasteiger partial charge in [0.2, 0.25) is 5.78 Å². The Labute approximate surface area is 152 Å². The van der Waals surface area contributed by atoms with Gasteiger partial charge in [-0.25, -0.2) is 0 Å². The number of fused-ring (bicyclic) bond motifs is 3. The lowest BCUT2D eigenvalue weighted by Gasteiger charge is -1.98. The zero-order chi connectivity index (χ0) is 16.5. The standard InChI is InChI=1S/C20H13IN2O/c21-14-5-3-4-13(12-14)8-9-18(24)20-19-16(10-11-22-20)15-6-1-2-7-17(15)23-19/h1-12,23H/b9-8+. The Morgan fingerprint density at radius 3 is 2.79 bits per heavy atom. The summed E-state index contributed by atoms with van der Waals surface area (Å²) in [6, 6.07) is 18.0. The van der Waals surface area contributed by atoms with Gasteiger partial charge in [-0.2, -0.15) is 0 Å². The summed E-state index contributed by atoms with van der Waals surface area (Å²) < 4.78 is 1.14. The van der Waals surface area contributed by atoms with E-state index in [0.717, 1.165) is 30.9 Å². The molecule has 0 radical (unpaired) electrons. The largest absolute Gasteiger partial charge is 0.353 e. The van der Waals surface area contributed by atoms with E-state index in [0.29, 0.717) is 5.69 Å². The van der Waals surface area contributed by atoms with E-state index in [9.17, 15) is 4.79 Å². The van der Waals surface area contributed by atoms with E-state index >= 15 is 0 Å². The number of nitrogens with zero attached hydrogens (tertiary/aromatic N) is 1. The van der Waals surface area contributed by atoms with E-state index in [1.54, 1.807) is 12.3 Å². The minimum Gasteiger partial charge on any atom is -0.353 e. The van der Waals surface area contributed by atoms with Crippen LogP contribution in [0.1, 0.15) is 16.1 Å². The van der Waals surface area contributed by atoms with Gasteiger partial charge in [-0.1, -0.05) is 36.4 Å². The van der Waals surface area contributed by atoms with Crippen molar-refractivity contribution in [3.05, 3.63) is 81.7 Å². The van der Waals surface area contributed by atoms with E-state index in [1.165, 1.54) is 0 Å². The third kappa shape index (κ3) is 2.73. The molecule has 0 fully saturated rings. The predicted molar refractivity (Wildman–Crippen MR) is 106 cm³/mol. The maximum atomic E-state index is 12.6. The van der Waals surface area contributed by atoms with Crippen molar-refractivity contribution in [2.75, 3.05) is 0 Å². The Morgan fingerprint density at radius 2 is 1.92 bits per heavy atom. The van der Waals surface area contributed by atoms with Crippen LogP contribution in [0.25, 0.3) is 27.9 Å². The van der Waals surface area contributed by atoms with Crippen LogP contribution in [0.3, 0.4) is 0 Å². The van der Waals surface area contributed by atoms with Crippen molar-refractivity contribution in [1.29, 1.82) is 0 Å². The highest BCUT2D eigenvalue weighted by Gasteiger charge is 2.13. The Balaban J connectivity index is 1.77. The van der Waals surface area contributed by atoms with Gasteiger partial charge in [0, 0.05) is 26.1 Å². The predicted octanol–water partition coefficient (Wildman–Crippen LogP) is 5.22. The molecule has 0 spiro atoms.